The summed E-state index contributed by atoms with van der Waals surface area (Å²) in [6.45, 7) is 0. The van der Waals surface area contributed by atoms with Gasteiger partial charge in [-0.15, -0.1) is 0 Å². The van der Waals surface area contributed by atoms with Gasteiger partial charge in [-0.25, -0.2) is 9.37 Å². The molecule has 5 heteroatoms. The van der Waals surface area contributed by atoms with Gasteiger partial charge in [-0.2, -0.15) is 0 Å². The van der Waals surface area contributed by atoms with E-state index in [4.69, 9.17) is 17.3 Å². The van der Waals surface area contributed by atoms with Crippen molar-refractivity contribution in [3.63, 3.8) is 0 Å². The number of nitrogens with two attached hydrogens (primary N) is 1. The Morgan fingerprint density at radius 2 is 2.00 bits per heavy atom. The van der Waals surface area contributed by atoms with E-state index in [0.29, 0.717) is 16.5 Å². The predicted octanol–water partition coefficient (Wildman–Crippen LogP) is 3.20. The van der Waals surface area contributed by atoms with Crippen molar-refractivity contribution in [2.45, 2.75) is 0 Å². The van der Waals surface area contributed by atoms with Crippen LogP contribution < -0.4 is 11.1 Å². The molecule has 1 aromatic heterocycles. The van der Waals surface area contributed by atoms with E-state index >= 15 is 0 Å². The molecule has 1 heterocycles. The molecule has 0 radical (unpaired) electrons. The van der Waals surface area contributed by atoms with Crippen LogP contribution in [-0.2, 0) is 0 Å². The summed E-state index contributed by atoms with van der Waals surface area (Å²) >= 11 is 5.73. The first-order valence-corrected chi connectivity index (χ1v) is 4.96. The van der Waals surface area contributed by atoms with E-state index in [1.54, 1.807) is 24.4 Å². The Bertz CT molecular complexity index is 479. The molecule has 3 nitrogen and oxygen atoms in total. The van der Waals surface area contributed by atoms with Crippen LogP contribution in [0.25, 0.3) is 0 Å². The Morgan fingerprint density at radius 1 is 1.19 bits per heavy atom. The number of rotatable bonds is 2. The number of halogens is 2. The lowest BCUT2D eigenvalue weighted by Crippen LogP contribution is -1.94. The molecule has 2 aromatic rings. The number of pyridine rings is 1. The van der Waals surface area contributed by atoms with E-state index < -0.39 is 5.82 Å². The monoisotopic (exact) mass is 237 g/mol. The van der Waals surface area contributed by atoms with Crippen LogP contribution in [0.5, 0.6) is 0 Å². The number of nitrogens with one attached hydrogen (secondary N) is 1. The van der Waals surface area contributed by atoms with E-state index in [9.17, 15) is 4.39 Å². The van der Waals surface area contributed by atoms with Gasteiger partial charge in [0.2, 0.25) is 0 Å². The van der Waals surface area contributed by atoms with Gasteiger partial charge in [-0.1, -0.05) is 11.6 Å². The molecule has 0 saturated heterocycles. The summed E-state index contributed by atoms with van der Waals surface area (Å²) in [7, 11) is 0. The first-order valence-electron chi connectivity index (χ1n) is 4.58. The number of nitrogen functional groups attached to an aromatic ring is 1. The van der Waals surface area contributed by atoms with E-state index in [-0.39, 0.29) is 0 Å². The minimum Gasteiger partial charge on any atom is -0.384 e. The average molecular weight is 238 g/mol. The fourth-order valence-corrected chi connectivity index (χ4v) is 1.49. The van der Waals surface area contributed by atoms with Crippen LogP contribution in [0.2, 0.25) is 5.02 Å². The lowest BCUT2D eigenvalue weighted by molar-refractivity contribution is 0.628. The molecule has 1 aromatic carbocycles. The van der Waals surface area contributed by atoms with Crippen molar-refractivity contribution in [2.75, 3.05) is 11.1 Å². The molecule has 82 valence electrons. The standard InChI is InChI=1S/C11H9ClFN3/c12-7-3-8(13)5-10(4-7)16-9-1-2-11(14)15-6-9/h1-6,16H,(H2,14,15). The van der Waals surface area contributed by atoms with Gasteiger partial charge in [-0.05, 0) is 30.3 Å². The maximum atomic E-state index is 13.0. The van der Waals surface area contributed by atoms with Gasteiger partial charge in [0.1, 0.15) is 11.6 Å². The zero-order valence-corrected chi connectivity index (χ0v) is 9.00. The van der Waals surface area contributed by atoms with Gasteiger partial charge in [0.25, 0.3) is 0 Å². The lowest BCUT2D eigenvalue weighted by atomic mass is 10.3. The predicted molar refractivity (Wildman–Crippen MR) is 63.3 cm³/mol. The Labute approximate surface area is 97.1 Å². The van der Waals surface area contributed by atoms with Crippen molar-refractivity contribution >= 4 is 28.8 Å². The van der Waals surface area contributed by atoms with E-state index in [1.807, 2.05) is 0 Å². The number of hydrogen-bond acceptors (Lipinski definition) is 3. The highest BCUT2D eigenvalue weighted by Crippen LogP contribution is 2.21. The molecular weight excluding hydrogens is 229 g/mol. The summed E-state index contributed by atoms with van der Waals surface area (Å²) in [5.74, 6) is 0.0428. The highest BCUT2D eigenvalue weighted by molar-refractivity contribution is 6.30. The van der Waals surface area contributed by atoms with Gasteiger partial charge in [-0.3, -0.25) is 0 Å². The summed E-state index contributed by atoms with van der Waals surface area (Å²) in [5.41, 5.74) is 6.73. The minimum absolute atomic E-state index is 0.339. The van der Waals surface area contributed by atoms with E-state index in [2.05, 4.69) is 10.3 Å². The maximum Gasteiger partial charge on any atom is 0.126 e. The molecule has 0 aliphatic rings. The van der Waals surface area contributed by atoms with E-state index in [0.717, 1.165) is 5.69 Å². The maximum absolute atomic E-state index is 13.0. The number of nitrogens with zero attached hydrogens (tertiary/aromatic N) is 1. The zero-order valence-electron chi connectivity index (χ0n) is 8.24. The molecule has 0 saturated carbocycles. The molecule has 0 aliphatic heterocycles. The summed E-state index contributed by atoms with van der Waals surface area (Å²) in [6, 6.07) is 7.63. The van der Waals surface area contributed by atoms with Crippen molar-refractivity contribution in [3.8, 4) is 0 Å². The zero-order chi connectivity index (χ0) is 11.5. The lowest BCUT2D eigenvalue weighted by Gasteiger charge is -2.06. The van der Waals surface area contributed by atoms with Crippen LogP contribution in [0.3, 0.4) is 0 Å². The summed E-state index contributed by atoms with van der Waals surface area (Å²) in [5, 5.41) is 3.31. The molecule has 0 unspecified atom stereocenters. The van der Waals surface area contributed by atoms with Crippen LogP contribution in [-0.4, -0.2) is 4.98 Å². The SMILES string of the molecule is Nc1ccc(Nc2cc(F)cc(Cl)c2)cn1. The molecule has 3 N–H and O–H groups in total. The number of anilines is 3. The summed E-state index contributed by atoms with van der Waals surface area (Å²) in [6.07, 6.45) is 1.56. The molecule has 2 rings (SSSR count). The second-order valence-corrected chi connectivity index (χ2v) is 3.69. The van der Waals surface area contributed by atoms with Gasteiger partial charge < -0.3 is 11.1 Å². The smallest absolute Gasteiger partial charge is 0.126 e. The highest BCUT2D eigenvalue weighted by Gasteiger charge is 2.00. The Balaban J connectivity index is 2.23. The van der Waals surface area contributed by atoms with Crippen LogP contribution in [0.4, 0.5) is 21.6 Å². The van der Waals surface area contributed by atoms with Gasteiger partial charge in [0, 0.05) is 10.7 Å². The number of hydrogen-bond donors (Lipinski definition) is 2. The minimum atomic E-state index is -0.390. The first kappa shape index (κ1) is 10.7. The van der Waals surface area contributed by atoms with Gasteiger partial charge in [0.05, 0.1) is 11.9 Å². The first-order chi connectivity index (χ1) is 7.63. The van der Waals surface area contributed by atoms with Gasteiger partial charge >= 0.3 is 0 Å². The summed E-state index contributed by atoms with van der Waals surface area (Å²) in [4.78, 5) is 3.91. The van der Waals surface area contributed by atoms with Crippen molar-refractivity contribution < 1.29 is 4.39 Å². The number of aromatic nitrogens is 1. The molecular formula is C11H9ClFN3. The second kappa shape index (κ2) is 4.37. The Kier molecular flexibility index (Phi) is 2.92. The Morgan fingerprint density at radius 3 is 2.62 bits per heavy atom. The van der Waals surface area contributed by atoms with Crippen molar-refractivity contribution in [3.05, 3.63) is 47.4 Å². The normalized spacial score (nSPS) is 10.1. The fourth-order valence-electron chi connectivity index (χ4n) is 1.27. The largest absolute Gasteiger partial charge is 0.384 e. The molecule has 0 amide bonds. The van der Waals surface area contributed by atoms with Crippen LogP contribution in [0.1, 0.15) is 0 Å². The average Bonchev–Trinajstić information content (AvgIpc) is 2.20. The molecule has 16 heavy (non-hydrogen) atoms. The van der Waals surface area contributed by atoms with E-state index in [1.165, 1.54) is 12.1 Å². The number of benzene rings is 1. The van der Waals surface area contributed by atoms with Crippen molar-refractivity contribution in [1.29, 1.82) is 0 Å². The van der Waals surface area contributed by atoms with Crippen LogP contribution in [0.15, 0.2) is 36.5 Å². The quantitative estimate of drug-likeness (QED) is 0.843. The molecule has 0 aliphatic carbocycles. The molecule has 0 atom stereocenters. The third-order valence-electron chi connectivity index (χ3n) is 1.94. The highest BCUT2D eigenvalue weighted by atomic mass is 35.5. The fraction of sp³-hybridized carbons (Fsp3) is 0. The molecule has 0 fully saturated rings. The van der Waals surface area contributed by atoms with Gasteiger partial charge in [0.15, 0.2) is 0 Å². The molecule has 0 spiro atoms. The van der Waals surface area contributed by atoms with Crippen molar-refractivity contribution in [1.82, 2.24) is 4.98 Å². The van der Waals surface area contributed by atoms with Crippen LogP contribution >= 0.6 is 11.6 Å². The third-order valence-corrected chi connectivity index (χ3v) is 2.16. The third kappa shape index (κ3) is 2.61. The second-order valence-electron chi connectivity index (χ2n) is 3.25. The Hall–Kier alpha value is -1.81. The van der Waals surface area contributed by atoms with Crippen LogP contribution in [0, 0.1) is 5.82 Å². The van der Waals surface area contributed by atoms with Crippen molar-refractivity contribution in [2.24, 2.45) is 0 Å². The topological polar surface area (TPSA) is 50.9 Å². The summed E-state index contributed by atoms with van der Waals surface area (Å²) < 4.78 is 13.0. The molecule has 0 bridgehead atoms.